The minimum absolute atomic E-state index is 0.960. The molecule has 2 heterocycles. The summed E-state index contributed by atoms with van der Waals surface area (Å²) in [6.07, 6.45) is 2.03. The van der Waals surface area contributed by atoms with E-state index in [1.165, 1.54) is 4.83 Å². The standard InChI is InChI=1S/C5H3NS3/c7-5-3-4-6(9-5)1-2-8-4/h1-3H. The lowest BCUT2D eigenvalue weighted by atomic mass is 10.8. The van der Waals surface area contributed by atoms with Crippen LogP contribution in [0.2, 0.25) is 0 Å². The molecule has 0 aliphatic heterocycles. The monoisotopic (exact) mass is 173 g/mol. The highest BCUT2D eigenvalue weighted by Crippen LogP contribution is 2.16. The van der Waals surface area contributed by atoms with E-state index in [1.54, 1.807) is 22.9 Å². The Bertz CT molecular complexity index is 335. The second-order valence-corrected chi connectivity index (χ2v) is 4.26. The zero-order valence-corrected chi connectivity index (χ0v) is 6.85. The quantitative estimate of drug-likeness (QED) is 0.554. The molecule has 0 N–H and O–H groups in total. The Labute approximate surface area is 65.3 Å². The number of aromatic nitrogens is 1. The third kappa shape index (κ3) is 0.831. The van der Waals surface area contributed by atoms with Gasteiger partial charge in [-0.1, -0.05) is 12.2 Å². The molecule has 0 saturated heterocycles. The normalized spacial score (nSPS) is 10.7. The van der Waals surface area contributed by atoms with Crippen molar-refractivity contribution in [1.82, 2.24) is 3.79 Å². The van der Waals surface area contributed by atoms with E-state index in [0.717, 1.165) is 3.82 Å². The number of nitrogens with zero attached hydrogens (tertiary/aromatic N) is 1. The highest BCUT2D eigenvalue weighted by atomic mass is 32.2. The number of rotatable bonds is 0. The van der Waals surface area contributed by atoms with Crippen molar-refractivity contribution in [2.24, 2.45) is 0 Å². The van der Waals surface area contributed by atoms with E-state index in [9.17, 15) is 0 Å². The van der Waals surface area contributed by atoms with Gasteiger partial charge in [-0.15, -0.1) is 11.3 Å². The lowest BCUT2D eigenvalue weighted by Gasteiger charge is -1.71. The summed E-state index contributed by atoms with van der Waals surface area (Å²) in [4.78, 5) is 1.24. The van der Waals surface area contributed by atoms with Crippen molar-refractivity contribution in [1.29, 1.82) is 0 Å². The molecule has 0 radical (unpaired) electrons. The fraction of sp³-hybridized carbons (Fsp3) is 0. The van der Waals surface area contributed by atoms with Crippen LogP contribution in [0.25, 0.3) is 4.83 Å². The smallest absolute Gasteiger partial charge is 0.111 e. The first-order valence-corrected chi connectivity index (χ1v) is 4.48. The lowest BCUT2D eigenvalue weighted by Crippen LogP contribution is -1.59. The third-order valence-electron chi connectivity index (χ3n) is 1.03. The van der Waals surface area contributed by atoms with Crippen LogP contribution in [0.5, 0.6) is 0 Å². The molecule has 0 saturated carbocycles. The molecule has 0 atom stereocenters. The van der Waals surface area contributed by atoms with Crippen LogP contribution in [0.1, 0.15) is 0 Å². The van der Waals surface area contributed by atoms with E-state index >= 15 is 0 Å². The van der Waals surface area contributed by atoms with Crippen molar-refractivity contribution in [2.45, 2.75) is 0 Å². The van der Waals surface area contributed by atoms with Gasteiger partial charge in [0.25, 0.3) is 0 Å². The first-order valence-electron chi connectivity index (χ1n) is 2.42. The molecule has 0 aliphatic rings. The predicted octanol–water partition coefficient (Wildman–Crippen LogP) is 2.79. The predicted molar refractivity (Wildman–Crippen MR) is 44.0 cm³/mol. The first kappa shape index (κ1) is 5.58. The Hall–Kier alpha value is -0.190. The molecule has 1 nitrogen and oxygen atoms in total. The Kier molecular flexibility index (Phi) is 1.18. The number of thiazole rings is 1. The summed E-state index contributed by atoms with van der Waals surface area (Å²) >= 11 is 8.29. The molecule has 0 fully saturated rings. The fourth-order valence-corrected chi connectivity index (χ4v) is 2.79. The van der Waals surface area contributed by atoms with Crippen LogP contribution in [-0.2, 0) is 0 Å². The highest BCUT2D eigenvalue weighted by Gasteiger charge is 1.92. The molecule has 2 aromatic heterocycles. The molecule has 2 aromatic rings. The van der Waals surface area contributed by atoms with Crippen LogP contribution in [0, 0.1) is 3.82 Å². The Morgan fingerprint density at radius 2 is 2.44 bits per heavy atom. The van der Waals surface area contributed by atoms with Crippen molar-refractivity contribution in [3.63, 3.8) is 0 Å². The van der Waals surface area contributed by atoms with Gasteiger partial charge in [-0.2, -0.15) is 0 Å². The van der Waals surface area contributed by atoms with Gasteiger partial charge in [0.05, 0.1) is 0 Å². The first-order chi connectivity index (χ1) is 4.36. The number of hydrogen-bond donors (Lipinski definition) is 0. The van der Waals surface area contributed by atoms with Crippen molar-refractivity contribution in [3.8, 4) is 0 Å². The number of fused-ring (bicyclic) bond motifs is 1. The van der Waals surface area contributed by atoms with Gasteiger partial charge in [0.1, 0.15) is 8.65 Å². The summed E-state index contributed by atoms with van der Waals surface area (Å²) in [7, 11) is 0. The Morgan fingerprint density at radius 3 is 3.22 bits per heavy atom. The van der Waals surface area contributed by atoms with E-state index < -0.39 is 0 Å². The van der Waals surface area contributed by atoms with E-state index in [4.69, 9.17) is 12.2 Å². The molecule has 2 rings (SSSR count). The van der Waals surface area contributed by atoms with Crippen molar-refractivity contribution < 1.29 is 0 Å². The van der Waals surface area contributed by atoms with Gasteiger partial charge in [-0.05, 0) is 11.5 Å². The summed E-state index contributed by atoms with van der Waals surface area (Å²) < 4.78 is 3.04. The molecular formula is C5H3NS3. The van der Waals surface area contributed by atoms with E-state index in [1.807, 2.05) is 12.3 Å². The molecule has 9 heavy (non-hydrogen) atoms. The van der Waals surface area contributed by atoms with E-state index in [0.29, 0.717) is 0 Å². The van der Waals surface area contributed by atoms with Crippen LogP contribution in [0.4, 0.5) is 0 Å². The summed E-state index contributed by atoms with van der Waals surface area (Å²) in [5.41, 5.74) is 0. The van der Waals surface area contributed by atoms with Gasteiger partial charge >= 0.3 is 0 Å². The Balaban J connectivity index is 3.08. The topological polar surface area (TPSA) is 4.41 Å². The summed E-state index contributed by atoms with van der Waals surface area (Å²) in [5, 5.41) is 2.06. The lowest BCUT2D eigenvalue weighted by molar-refractivity contribution is 1.40. The summed E-state index contributed by atoms with van der Waals surface area (Å²) in [5.74, 6) is 0. The molecular weight excluding hydrogens is 170 g/mol. The maximum Gasteiger partial charge on any atom is 0.111 e. The third-order valence-corrected chi connectivity index (χ3v) is 3.12. The molecule has 0 spiro atoms. The number of hydrogen-bond acceptors (Lipinski definition) is 3. The van der Waals surface area contributed by atoms with Crippen LogP contribution >= 0.6 is 35.1 Å². The molecule has 0 aromatic carbocycles. The van der Waals surface area contributed by atoms with Gasteiger partial charge in [0.15, 0.2) is 0 Å². The van der Waals surface area contributed by atoms with Gasteiger partial charge in [-0.3, -0.25) is 3.79 Å². The van der Waals surface area contributed by atoms with Crippen LogP contribution in [0.3, 0.4) is 0 Å². The van der Waals surface area contributed by atoms with Crippen LogP contribution in [-0.4, -0.2) is 3.79 Å². The van der Waals surface area contributed by atoms with E-state index in [2.05, 4.69) is 9.17 Å². The Morgan fingerprint density at radius 1 is 1.56 bits per heavy atom. The molecule has 0 unspecified atom stereocenters. The average Bonchev–Trinajstić information content (AvgIpc) is 2.22. The zero-order chi connectivity index (χ0) is 6.27. The molecule has 0 aliphatic carbocycles. The minimum atomic E-state index is 0.960. The SMILES string of the molecule is S=c1cc2sccn2s1. The maximum absolute atomic E-state index is 4.97. The summed E-state index contributed by atoms with van der Waals surface area (Å²) in [6, 6.07) is 2.02. The van der Waals surface area contributed by atoms with Gasteiger partial charge < -0.3 is 0 Å². The minimum Gasteiger partial charge on any atom is -0.262 e. The van der Waals surface area contributed by atoms with Crippen LogP contribution in [0.15, 0.2) is 17.6 Å². The average molecular weight is 173 g/mol. The molecule has 0 bridgehead atoms. The second kappa shape index (κ2) is 1.90. The molecule has 46 valence electrons. The largest absolute Gasteiger partial charge is 0.262 e. The summed E-state index contributed by atoms with van der Waals surface area (Å²) in [6.45, 7) is 0. The highest BCUT2D eigenvalue weighted by molar-refractivity contribution is 7.73. The fourth-order valence-electron chi connectivity index (χ4n) is 0.678. The van der Waals surface area contributed by atoms with Crippen molar-refractivity contribution >= 4 is 39.9 Å². The molecule has 4 heteroatoms. The van der Waals surface area contributed by atoms with Gasteiger partial charge in [-0.25, -0.2) is 0 Å². The van der Waals surface area contributed by atoms with Crippen molar-refractivity contribution in [2.75, 3.05) is 0 Å². The zero-order valence-electron chi connectivity index (χ0n) is 4.40. The van der Waals surface area contributed by atoms with Crippen molar-refractivity contribution in [3.05, 3.63) is 21.5 Å². The van der Waals surface area contributed by atoms with Crippen LogP contribution < -0.4 is 0 Å². The molecule has 0 amide bonds. The second-order valence-electron chi connectivity index (χ2n) is 1.62. The van der Waals surface area contributed by atoms with E-state index in [-0.39, 0.29) is 0 Å². The van der Waals surface area contributed by atoms with Gasteiger partial charge in [0.2, 0.25) is 0 Å². The maximum atomic E-state index is 4.97. The van der Waals surface area contributed by atoms with Gasteiger partial charge in [0, 0.05) is 17.6 Å².